The first-order chi connectivity index (χ1) is 8.40. The van der Waals surface area contributed by atoms with Gasteiger partial charge in [-0.2, -0.15) is 0 Å². The predicted molar refractivity (Wildman–Crippen MR) is 76.2 cm³/mol. The minimum absolute atomic E-state index is 0.0812. The number of benzene rings is 1. The number of aromatic carboxylic acids is 1. The molecule has 0 aliphatic carbocycles. The van der Waals surface area contributed by atoms with E-state index in [9.17, 15) is 9.59 Å². The van der Waals surface area contributed by atoms with Crippen LogP contribution in [0.15, 0.2) is 33.7 Å². The van der Waals surface area contributed by atoms with Crippen LogP contribution in [0.5, 0.6) is 0 Å². The van der Waals surface area contributed by atoms with Gasteiger partial charge in [-0.15, -0.1) is 0 Å². The number of urea groups is 1. The van der Waals surface area contributed by atoms with E-state index in [4.69, 9.17) is 5.11 Å². The molecular formula is C11H10Br2N2O3. The number of amides is 2. The molecule has 0 spiro atoms. The Morgan fingerprint density at radius 3 is 2.61 bits per heavy atom. The quantitative estimate of drug-likeness (QED) is 0.753. The van der Waals surface area contributed by atoms with Gasteiger partial charge in [0, 0.05) is 14.6 Å². The summed E-state index contributed by atoms with van der Waals surface area (Å²) in [5.41, 5.74) is 0.478. The molecule has 1 aromatic rings. The third kappa shape index (κ3) is 4.50. The molecule has 7 heteroatoms. The number of rotatable bonds is 4. The van der Waals surface area contributed by atoms with E-state index >= 15 is 0 Å². The summed E-state index contributed by atoms with van der Waals surface area (Å²) in [5, 5.41) is 14.0. The van der Waals surface area contributed by atoms with Gasteiger partial charge in [-0.3, -0.25) is 0 Å². The van der Waals surface area contributed by atoms with Crippen LogP contribution in [-0.4, -0.2) is 23.7 Å². The molecule has 0 aliphatic heterocycles. The number of anilines is 1. The van der Waals surface area contributed by atoms with Crippen molar-refractivity contribution in [3.8, 4) is 0 Å². The molecule has 1 aromatic carbocycles. The van der Waals surface area contributed by atoms with Crippen LogP contribution in [0.1, 0.15) is 10.4 Å². The first-order valence-electron chi connectivity index (χ1n) is 4.81. The molecule has 0 saturated heterocycles. The van der Waals surface area contributed by atoms with Crippen molar-refractivity contribution in [3.63, 3.8) is 0 Å². The summed E-state index contributed by atoms with van der Waals surface area (Å²) in [5.74, 6) is -1.07. The van der Waals surface area contributed by atoms with Gasteiger partial charge in [0.2, 0.25) is 0 Å². The lowest BCUT2D eigenvalue weighted by atomic mass is 10.2. The molecule has 0 aromatic heterocycles. The number of halogens is 2. The van der Waals surface area contributed by atoms with Crippen LogP contribution in [0.4, 0.5) is 10.5 Å². The average molecular weight is 378 g/mol. The van der Waals surface area contributed by atoms with E-state index in [2.05, 4.69) is 49.1 Å². The zero-order chi connectivity index (χ0) is 13.7. The van der Waals surface area contributed by atoms with Crippen LogP contribution in [0.3, 0.4) is 0 Å². The number of carboxylic acids is 1. The number of carbonyl (C=O) groups is 2. The summed E-state index contributed by atoms with van der Waals surface area (Å²) in [6, 6.07) is 4.09. The highest BCUT2D eigenvalue weighted by Gasteiger charge is 2.10. The van der Waals surface area contributed by atoms with Crippen LogP contribution in [0, 0.1) is 0 Å². The summed E-state index contributed by atoms with van der Waals surface area (Å²) in [4.78, 5) is 22.3. The van der Waals surface area contributed by atoms with E-state index < -0.39 is 12.0 Å². The van der Waals surface area contributed by atoms with Gasteiger partial charge in [0.25, 0.3) is 0 Å². The Hall–Kier alpha value is -1.34. The molecule has 2 amide bonds. The van der Waals surface area contributed by atoms with Crippen LogP contribution >= 0.6 is 31.9 Å². The van der Waals surface area contributed by atoms with Crippen molar-refractivity contribution < 1.29 is 14.7 Å². The summed E-state index contributed by atoms with van der Waals surface area (Å²) in [6.45, 7) is 3.86. The average Bonchev–Trinajstić information content (AvgIpc) is 2.28. The molecule has 0 fully saturated rings. The molecule has 96 valence electrons. The van der Waals surface area contributed by atoms with Crippen LogP contribution in [0.25, 0.3) is 0 Å². The van der Waals surface area contributed by atoms with Crippen LogP contribution in [-0.2, 0) is 0 Å². The summed E-state index contributed by atoms with van der Waals surface area (Å²) < 4.78 is 1.09. The van der Waals surface area contributed by atoms with Crippen LogP contribution < -0.4 is 10.6 Å². The number of carbonyl (C=O) groups excluding carboxylic acids is 1. The smallest absolute Gasteiger partial charge is 0.336 e. The molecule has 18 heavy (non-hydrogen) atoms. The van der Waals surface area contributed by atoms with Gasteiger partial charge in [0.1, 0.15) is 0 Å². The van der Waals surface area contributed by atoms with Crippen molar-refractivity contribution in [1.82, 2.24) is 5.32 Å². The van der Waals surface area contributed by atoms with E-state index in [1.54, 1.807) is 12.1 Å². The fourth-order valence-electron chi connectivity index (χ4n) is 1.12. The van der Waals surface area contributed by atoms with Crippen molar-refractivity contribution in [2.75, 3.05) is 11.9 Å². The van der Waals surface area contributed by atoms with Crippen LogP contribution in [0.2, 0.25) is 0 Å². The minimum atomic E-state index is -1.07. The van der Waals surface area contributed by atoms with Crippen molar-refractivity contribution in [1.29, 1.82) is 0 Å². The molecular weight excluding hydrogens is 368 g/mol. The number of nitrogens with one attached hydrogen (secondary N) is 2. The summed E-state index contributed by atoms with van der Waals surface area (Å²) in [6.07, 6.45) is 0. The first kappa shape index (κ1) is 14.7. The maximum atomic E-state index is 11.4. The maximum Gasteiger partial charge on any atom is 0.336 e. The molecule has 5 nitrogen and oxygen atoms in total. The molecule has 0 heterocycles. The zero-order valence-electron chi connectivity index (χ0n) is 9.17. The molecule has 1 rings (SSSR count). The maximum absolute atomic E-state index is 11.4. The number of hydrogen-bond acceptors (Lipinski definition) is 2. The summed E-state index contributed by atoms with van der Waals surface area (Å²) in [7, 11) is 0. The second-order valence-electron chi connectivity index (χ2n) is 3.32. The SMILES string of the molecule is C=C(Br)CNC(=O)Nc1ccc(Br)c(C(=O)O)c1. The molecule has 0 radical (unpaired) electrons. The van der Waals surface area contributed by atoms with Gasteiger partial charge >= 0.3 is 12.0 Å². The second-order valence-corrected chi connectivity index (χ2v) is 5.30. The topological polar surface area (TPSA) is 78.4 Å². The number of carboxylic acid groups (broad SMARTS) is 1. The Morgan fingerprint density at radius 1 is 1.39 bits per heavy atom. The lowest BCUT2D eigenvalue weighted by Gasteiger charge is -2.08. The van der Waals surface area contributed by atoms with Gasteiger partial charge in [0.15, 0.2) is 0 Å². The van der Waals surface area contributed by atoms with Gasteiger partial charge in [-0.25, -0.2) is 9.59 Å². The third-order valence-corrected chi connectivity index (χ3v) is 2.87. The predicted octanol–water partition coefficient (Wildman–Crippen LogP) is 3.18. The fraction of sp³-hybridized carbons (Fsp3) is 0.0909. The Morgan fingerprint density at radius 2 is 2.06 bits per heavy atom. The van der Waals surface area contributed by atoms with E-state index in [1.165, 1.54) is 6.07 Å². The Balaban J connectivity index is 2.73. The molecule has 0 saturated carbocycles. The van der Waals surface area contributed by atoms with Crippen molar-refractivity contribution >= 4 is 49.5 Å². The fourth-order valence-corrected chi connectivity index (χ4v) is 1.67. The molecule has 0 atom stereocenters. The van der Waals surface area contributed by atoms with Crippen molar-refractivity contribution in [3.05, 3.63) is 39.3 Å². The second kappa shape index (κ2) is 6.55. The standard InChI is InChI=1S/C11H10Br2N2O3/c1-6(12)5-14-11(18)15-7-2-3-9(13)8(4-7)10(16)17/h2-4H,1,5H2,(H,16,17)(H2,14,15,18). The van der Waals surface area contributed by atoms with Crippen molar-refractivity contribution in [2.24, 2.45) is 0 Å². The normalized spacial score (nSPS) is 9.67. The van der Waals surface area contributed by atoms with E-state index in [0.717, 1.165) is 0 Å². The summed E-state index contributed by atoms with van der Waals surface area (Å²) >= 11 is 6.23. The Labute approximate surface area is 121 Å². The minimum Gasteiger partial charge on any atom is -0.478 e. The monoisotopic (exact) mass is 376 g/mol. The van der Waals surface area contributed by atoms with Gasteiger partial charge in [0.05, 0.1) is 12.1 Å². The Kier molecular flexibility index (Phi) is 5.36. The largest absolute Gasteiger partial charge is 0.478 e. The molecule has 0 bridgehead atoms. The molecule has 3 N–H and O–H groups in total. The number of hydrogen-bond donors (Lipinski definition) is 3. The molecule has 0 aliphatic rings. The van der Waals surface area contributed by atoms with E-state index in [-0.39, 0.29) is 12.1 Å². The third-order valence-electron chi connectivity index (χ3n) is 1.90. The lowest BCUT2D eigenvalue weighted by Crippen LogP contribution is -2.29. The highest BCUT2D eigenvalue weighted by molar-refractivity contribution is 9.11. The first-order valence-corrected chi connectivity index (χ1v) is 6.39. The van der Waals surface area contributed by atoms with E-state index in [0.29, 0.717) is 14.6 Å². The van der Waals surface area contributed by atoms with Gasteiger partial charge in [-0.05, 0) is 34.1 Å². The van der Waals surface area contributed by atoms with Crippen molar-refractivity contribution in [2.45, 2.75) is 0 Å². The molecule has 0 unspecified atom stereocenters. The van der Waals surface area contributed by atoms with Gasteiger partial charge in [-0.1, -0.05) is 22.5 Å². The highest BCUT2D eigenvalue weighted by atomic mass is 79.9. The highest BCUT2D eigenvalue weighted by Crippen LogP contribution is 2.21. The lowest BCUT2D eigenvalue weighted by molar-refractivity contribution is 0.0696. The Bertz CT molecular complexity index is 503. The van der Waals surface area contributed by atoms with E-state index in [1.807, 2.05) is 0 Å². The zero-order valence-corrected chi connectivity index (χ0v) is 12.3. The van der Waals surface area contributed by atoms with Gasteiger partial charge < -0.3 is 15.7 Å².